The molecule has 0 aliphatic rings. The Balaban J connectivity index is 2.25. The van der Waals surface area contributed by atoms with Gasteiger partial charge in [-0.25, -0.2) is 9.18 Å². The minimum absolute atomic E-state index is 0.0168. The molecule has 0 saturated heterocycles. The number of primary amides is 1. The molecule has 3 N–H and O–H groups in total. The Bertz CT molecular complexity index is 700. The van der Waals surface area contributed by atoms with Crippen molar-refractivity contribution in [1.82, 2.24) is 0 Å². The standard InChI is InChI=1S/C15H12FNO4/c16-10-5-6-13(12(7-10)15(19)20)21-8-9-3-1-2-4-11(9)14(17)18/h1-7H,8H2,(H2,17,18)(H,19,20). The Hall–Kier alpha value is -2.89. The summed E-state index contributed by atoms with van der Waals surface area (Å²) in [6.07, 6.45) is 0. The monoisotopic (exact) mass is 289 g/mol. The van der Waals surface area contributed by atoms with Crippen LogP contribution in [0.2, 0.25) is 0 Å². The number of benzene rings is 2. The Morgan fingerprint density at radius 2 is 1.86 bits per heavy atom. The molecule has 0 aliphatic heterocycles. The zero-order chi connectivity index (χ0) is 15.4. The summed E-state index contributed by atoms with van der Waals surface area (Å²) in [6.45, 7) is -0.0506. The second-order valence-electron chi connectivity index (χ2n) is 4.26. The number of amides is 1. The van der Waals surface area contributed by atoms with Crippen molar-refractivity contribution in [2.24, 2.45) is 5.73 Å². The summed E-state index contributed by atoms with van der Waals surface area (Å²) in [5.41, 5.74) is 5.77. The number of carbonyl (C=O) groups excluding carboxylic acids is 1. The first-order valence-corrected chi connectivity index (χ1v) is 6.02. The van der Waals surface area contributed by atoms with E-state index in [1.807, 2.05) is 0 Å². The third kappa shape index (κ3) is 3.36. The summed E-state index contributed by atoms with van der Waals surface area (Å²) < 4.78 is 18.4. The summed E-state index contributed by atoms with van der Waals surface area (Å²) in [6, 6.07) is 9.75. The van der Waals surface area contributed by atoms with Crippen molar-refractivity contribution in [1.29, 1.82) is 0 Å². The van der Waals surface area contributed by atoms with Crippen molar-refractivity contribution in [2.75, 3.05) is 0 Å². The topological polar surface area (TPSA) is 89.6 Å². The summed E-state index contributed by atoms with van der Waals surface area (Å²) in [5, 5.41) is 9.01. The van der Waals surface area contributed by atoms with Crippen molar-refractivity contribution in [3.05, 3.63) is 65.0 Å². The van der Waals surface area contributed by atoms with Gasteiger partial charge in [-0.1, -0.05) is 18.2 Å². The van der Waals surface area contributed by atoms with Gasteiger partial charge in [0, 0.05) is 11.1 Å². The highest BCUT2D eigenvalue weighted by Crippen LogP contribution is 2.21. The van der Waals surface area contributed by atoms with Gasteiger partial charge < -0.3 is 15.6 Å². The van der Waals surface area contributed by atoms with E-state index in [9.17, 15) is 14.0 Å². The lowest BCUT2D eigenvalue weighted by Gasteiger charge is -2.11. The van der Waals surface area contributed by atoms with Gasteiger partial charge in [0.15, 0.2) is 0 Å². The maximum absolute atomic E-state index is 13.1. The number of carboxylic acids is 1. The third-order valence-corrected chi connectivity index (χ3v) is 2.84. The van der Waals surface area contributed by atoms with Gasteiger partial charge in [-0.2, -0.15) is 0 Å². The van der Waals surface area contributed by atoms with Gasteiger partial charge in [0.2, 0.25) is 5.91 Å². The zero-order valence-corrected chi connectivity index (χ0v) is 10.9. The van der Waals surface area contributed by atoms with Crippen molar-refractivity contribution in [3.8, 4) is 5.75 Å². The summed E-state index contributed by atoms with van der Waals surface area (Å²) in [5.74, 6) is -2.56. The largest absolute Gasteiger partial charge is 0.488 e. The third-order valence-electron chi connectivity index (χ3n) is 2.84. The van der Waals surface area contributed by atoms with Crippen LogP contribution in [0, 0.1) is 5.82 Å². The molecule has 0 radical (unpaired) electrons. The molecule has 0 bridgehead atoms. The number of aromatic carboxylic acids is 1. The number of halogens is 1. The van der Waals surface area contributed by atoms with Gasteiger partial charge in [-0.05, 0) is 24.3 Å². The van der Waals surface area contributed by atoms with Gasteiger partial charge in [0.1, 0.15) is 23.7 Å². The Kier molecular flexibility index (Phi) is 4.18. The number of ether oxygens (including phenoxy) is 1. The van der Waals surface area contributed by atoms with Crippen LogP contribution in [0.15, 0.2) is 42.5 Å². The van der Waals surface area contributed by atoms with E-state index < -0.39 is 17.7 Å². The van der Waals surface area contributed by atoms with Crippen molar-refractivity contribution < 1.29 is 23.8 Å². The first-order chi connectivity index (χ1) is 9.99. The predicted octanol–water partition coefficient (Wildman–Crippen LogP) is 2.20. The summed E-state index contributed by atoms with van der Waals surface area (Å²) in [7, 11) is 0. The molecule has 0 aliphatic carbocycles. The van der Waals surface area contributed by atoms with Crippen LogP contribution in [0.25, 0.3) is 0 Å². The summed E-state index contributed by atoms with van der Waals surface area (Å²) in [4.78, 5) is 22.3. The van der Waals surface area contributed by atoms with Gasteiger partial charge in [0.05, 0.1) is 0 Å². The second-order valence-corrected chi connectivity index (χ2v) is 4.26. The molecule has 0 fully saturated rings. The average molecular weight is 289 g/mol. The van der Waals surface area contributed by atoms with Crippen LogP contribution in [0.5, 0.6) is 5.75 Å². The maximum Gasteiger partial charge on any atom is 0.339 e. The van der Waals surface area contributed by atoms with E-state index in [1.54, 1.807) is 24.3 Å². The normalized spacial score (nSPS) is 10.1. The molecule has 0 spiro atoms. The number of carbonyl (C=O) groups is 2. The highest BCUT2D eigenvalue weighted by atomic mass is 19.1. The van der Waals surface area contributed by atoms with E-state index in [0.29, 0.717) is 5.56 Å². The molecular formula is C15H12FNO4. The summed E-state index contributed by atoms with van der Waals surface area (Å²) >= 11 is 0. The van der Waals surface area contributed by atoms with Crippen LogP contribution in [0.1, 0.15) is 26.3 Å². The predicted molar refractivity (Wildman–Crippen MR) is 72.7 cm³/mol. The molecule has 2 aromatic rings. The molecule has 2 aromatic carbocycles. The van der Waals surface area contributed by atoms with Crippen LogP contribution >= 0.6 is 0 Å². The van der Waals surface area contributed by atoms with Crippen molar-refractivity contribution >= 4 is 11.9 Å². The lowest BCUT2D eigenvalue weighted by Crippen LogP contribution is -2.15. The van der Waals surface area contributed by atoms with Crippen LogP contribution in [-0.4, -0.2) is 17.0 Å². The minimum Gasteiger partial charge on any atom is -0.488 e. The SMILES string of the molecule is NC(=O)c1ccccc1COc1ccc(F)cc1C(=O)O. The van der Waals surface area contributed by atoms with Crippen LogP contribution < -0.4 is 10.5 Å². The maximum atomic E-state index is 13.1. The van der Waals surface area contributed by atoms with Gasteiger partial charge in [0.25, 0.3) is 0 Å². The van der Waals surface area contributed by atoms with E-state index in [4.69, 9.17) is 15.6 Å². The number of hydrogen-bond donors (Lipinski definition) is 2. The molecule has 1 amide bonds. The molecule has 108 valence electrons. The molecule has 6 heteroatoms. The van der Waals surface area contributed by atoms with Gasteiger partial charge in [-0.3, -0.25) is 4.79 Å². The quantitative estimate of drug-likeness (QED) is 0.883. The smallest absolute Gasteiger partial charge is 0.339 e. The fourth-order valence-electron chi connectivity index (χ4n) is 1.84. The fraction of sp³-hybridized carbons (Fsp3) is 0.0667. The van der Waals surface area contributed by atoms with Crippen LogP contribution in [0.3, 0.4) is 0 Å². The number of carboxylic acid groups (broad SMARTS) is 1. The fourth-order valence-corrected chi connectivity index (χ4v) is 1.84. The van der Waals surface area contributed by atoms with E-state index in [2.05, 4.69) is 0 Å². The van der Waals surface area contributed by atoms with E-state index in [0.717, 1.165) is 12.1 Å². The van der Waals surface area contributed by atoms with E-state index in [1.165, 1.54) is 6.07 Å². The number of nitrogens with two attached hydrogens (primary N) is 1. The molecule has 0 unspecified atom stereocenters. The van der Waals surface area contributed by atoms with E-state index >= 15 is 0 Å². The molecule has 21 heavy (non-hydrogen) atoms. The Morgan fingerprint density at radius 3 is 2.52 bits per heavy atom. The van der Waals surface area contributed by atoms with Crippen molar-refractivity contribution in [3.63, 3.8) is 0 Å². The molecule has 0 aromatic heterocycles. The Morgan fingerprint density at radius 1 is 1.14 bits per heavy atom. The lowest BCUT2D eigenvalue weighted by molar-refractivity contribution is 0.0690. The molecule has 2 rings (SSSR count). The van der Waals surface area contributed by atoms with Crippen LogP contribution in [0.4, 0.5) is 4.39 Å². The van der Waals surface area contributed by atoms with Gasteiger partial charge in [-0.15, -0.1) is 0 Å². The number of hydrogen-bond acceptors (Lipinski definition) is 3. The first-order valence-electron chi connectivity index (χ1n) is 6.02. The highest BCUT2D eigenvalue weighted by Gasteiger charge is 2.14. The average Bonchev–Trinajstić information content (AvgIpc) is 2.46. The molecule has 0 heterocycles. The Labute approximate surface area is 119 Å². The second kappa shape index (κ2) is 6.04. The van der Waals surface area contributed by atoms with Crippen molar-refractivity contribution in [2.45, 2.75) is 6.61 Å². The molecular weight excluding hydrogens is 277 g/mol. The lowest BCUT2D eigenvalue weighted by atomic mass is 10.1. The molecule has 0 atom stereocenters. The van der Waals surface area contributed by atoms with Gasteiger partial charge >= 0.3 is 5.97 Å². The highest BCUT2D eigenvalue weighted by molar-refractivity contribution is 5.94. The molecule has 5 nitrogen and oxygen atoms in total. The zero-order valence-electron chi connectivity index (χ0n) is 10.9. The minimum atomic E-state index is -1.30. The van der Waals surface area contributed by atoms with E-state index in [-0.39, 0.29) is 23.5 Å². The first kappa shape index (κ1) is 14.5. The van der Waals surface area contributed by atoms with Crippen LogP contribution in [-0.2, 0) is 6.61 Å². The molecule has 0 saturated carbocycles. The number of rotatable bonds is 5.